The molecule has 1 aliphatic heterocycles. The summed E-state index contributed by atoms with van der Waals surface area (Å²) in [5.74, 6) is -0.280. The van der Waals surface area contributed by atoms with Gasteiger partial charge in [-0.25, -0.2) is 9.37 Å². The average Bonchev–Trinajstić information content (AvgIpc) is 3.11. The molecule has 1 saturated heterocycles. The number of imidazole rings is 1. The number of amides is 1. The van der Waals surface area contributed by atoms with Crippen molar-refractivity contribution in [2.45, 2.75) is 13.0 Å². The van der Waals surface area contributed by atoms with Crippen molar-refractivity contribution in [3.8, 4) is 0 Å². The van der Waals surface area contributed by atoms with Gasteiger partial charge < -0.3 is 14.0 Å². The Hall–Kier alpha value is -2.73. The molecule has 1 aliphatic rings. The second-order valence-corrected chi connectivity index (χ2v) is 6.23. The first-order valence-electron chi connectivity index (χ1n) is 8.21. The maximum Gasteiger partial charge on any atom is 0.254 e. The van der Waals surface area contributed by atoms with Gasteiger partial charge in [0.05, 0.1) is 13.2 Å². The topological polar surface area (TPSA) is 46.8 Å². The molecule has 25 heavy (non-hydrogen) atoms. The molecule has 3 heterocycles. The predicted octanol–water partition coefficient (Wildman–Crippen LogP) is 3.00. The minimum atomic E-state index is -0.243. The molecule has 3 aromatic rings. The summed E-state index contributed by atoms with van der Waals surface area (Å²) in [5, 5.41) is 0. The van der Waals surface area contributed by atoms with E-state index < -0.39 is 0 Å². The molecule has 0 aliphatic carbocycles. The van der Waals surface area contributed by atoms with E-state index in [1.54, 1.807) is 42.3 Å². The van der Waals surface area contributed by atoms with Crippen molar-refractivity contribution in [3.63, 3.8) is 0 Å². The number of hydrogen-bond donors (Lipinski definition) is 0. The quantitative estimate of drug-likeness (QED) is 0.721. The van der Waals surface area contributed by atoms with Crippen molar-refractivity contribution in [2.24, 2.45) is 0 Å². The minimum Gasteiger partial charge on any atom is -0.370 e. The van der Waals surface area contributed by atoms with Crippen LogP contribution in [0, 0.1) is 12.7 Å². The molecule has 1 fully saturated rings. The first kappa shape index (κ1) is 15.8. The number of fused-ring (bicyclic) bond motifs is 1. The highest BCUT2D eigenvalue weighted by Gasteiger charge is 2.26. The number of benzene rings is 1. The molecule has 1 aromatic carbocycles. The van der Waals surface area contributed by atoms with E-state index in [0.717, 1.165) is 11.2 Å². The molecule has 5 nitrogen and oxygen atoms in total. The molecule has 0 bridgehead atoms. The maximum atomic E-state index is 13.5. The highest BCUT2D eigenvalue weighted by Crippen LogP contribution is 2.25. The summed E-state index contributed by atoms with van der Waals surface area (Å²) in [7, 11) is 0. The van der Waals surface area contributed by atoms with Gasteiger partial charge in [0.25, 0.3) is 5.91 Å². The summed E-state index contributed by atoms with van der Waals surface area (Å²) in [6.45, 7) is 3.17. The zero-order chi connectivity index (χ0) is 17.4. The van der Waals surface area contributed by atoms with Crippen LogP contribution in [0.2, 0.25) is 0 Å². The van der Waals surface area contributed by atoms with E-state index in [4.69, 9.17) is 4.74 Å². The zero-order valence-corrected chi connectivity index (χ0v) is 13.9. The summed E-state index contributed by atoms with van der Waals surface area (Å²) in [5.41, 5.74) is 2.81. The van der Waals surface area contributed by atoms with Crippen LogP contribution in [-0.4, -0.2) is 39.9 Å². The Morgan fingerprint density at radius 1 is 1.28 bits per heavy atom. The fourth-order valence-corrected chi connectivity index (χ4v) is 3.13. The molecule has 0 saturated carbocycles. The number of aryl methyl sites for hydroxylation is 1. The van der Waals surface area contributed by atoms with Crippen molar-refractivity contribution in [3.05, 3.63) is 71.4 Å². The van der Waals surface area contributed by atoms with E-state index in [0.29, 0.717) is 30.8 Å². The molecule has 0 radical (unpaired) electrons. The number of halogens is 1. The van der Waals surface area contributed by atoms with Gasteiger partial charge >= 0.3 is 0 Å². The predicted molar refractivity (Wildman–Crippen MR) is 90.9 cm³/mol. The van der Waals surface area contributed by atoms with Gasteiger partial charge in [0.15, 0.2) is 0 Å². The lowest BCUT2D eigenvalue weighted by Gasteiger charge is -2.33. The van der Waals surface area contributed by atoms with Crippen molar-refractivity contribution in [1.29, 1.82) is 0 Å². The molecular formula is C19H18FN3O2. The maximum absolute atomic E-state index is 13.5. The average molecular weight is 339 g/mol. The number of hydrogen-bond acceptors (Lipinski definition) is 3. The summed E-state index contributed by atoms with van der Waals surface area (Å²) < 4.78 is 21.1. The van der Waals surface area contributed by atoms with Gasteiger partial charge in [0.2, 0.25) is 0 Å². The van der Waals surface area contributed by atoms with Crippen LogP contribution in [0.4, 0.5) is 4.39 Å². The van der Waals surface area contributed by atoms with Gasteiger partial charge in [-0.2, -0.15) is 0 Å². The van der Waals surface area contributed by atoms with Crippen molar-refractivity contribution >= 4 is 11.6 Å². The Morgan fingerprint density at radius 3 is 3.00 bits per heavy atom. The number of ether oxygens (including phenoxy) is 1. The Bertz CT molecular complexity index is 937. The number of rotatable bonds is 2. The second-order valence-electron chi connectivity index (χ2n) is 6.23. The van der Waals surface area contributed by atoms with Gasteiger partial charge in [-0.15, -0.1) is 0 Å². The lowest BCUT2D eigenvalue weighted by Crippen LogP contribution is -2.42. The van der Waals surface area contributed by atoms with E-state index in [1.807, 2.05) is 16.8 Å². The molecular weight excluding hydrogens is 321 g/mol. The summed E-state index contributed by atoms with van der Waals surface area (Å²) in [6.07, 6.45) is 5.12. The fraction of sp³-hybridized carbons (Fsp3) is 0.263. The third-order valence-electron chi connectivity index (χ3n) is 4.55. The van der Waals surface area contributed by atoms with Crippen LogP contribution in [0.1, 0.15) is 27.6 Å². The third-order valence-corrected chi connectivity index (χ3v) is 4.55. The van der Waals surface area contributed by atoms with E-state index in [9.17, 15) is 9.18 Å². The van der Waals surface area contributed by atoms with Crippen LogP contribution in [0.5, 0.6) is 0 Å². The number of pyridine rings is 1. The van der Waals surface area contributed by atoms with E-state index in [2.05, 4.69) is 4.98 Å². The SMILES string of the molecule is Cc1cc(C2CN(C(=O)c3ccn4ccnc4c3)CCO2)ccc1F. The largest absolute Gasteiger partial charge is 0.370 e. The van der Waals surface area contributed by atoms with Crippen molar-refractivity contribution in [2.75, 3.05) is 19.7 Å². The normalized spacial score (nSPS) is 17.8. The Morgan fingerprint density at radius 2 is 2.16 bits per heavy atom. The lowest BCUT2D eigenvalue weighted by molar-refractivity contribution is -0.0228. The van der Waals surface area contributed by atoms with E-state index in [-0.39, 0.29) is 17.8 Å². The highest BCUT2D eigenvalue weighted by molar-refractivity contribution is 5.95. The Labute approximate surface area is 144 Å². The van der Waals surface area contributed by atoms with Gasteiger partial charge in [-0.3, -0.25) is 4.79 Å². The van der Waals surface area contributed by atoms with Crippen LogP contribution in [-0.2, 0) is 4.74 Å². The van der Waals surface area contributed by atoms with Crippen LogP contribution >= 0.6 is 0 Å². The first-order chi connectivity index (χ1) is 12.1. The molecule has 1 amide bonds. The van der Waals surface area contributed by atoms with E-state index >= 15 is 0 Å². The van der Waals surface area contributed by atoms with Crippen LogP contribution < -0.4 is 0 Å². The number of nitrogens with zero attached hydrogens (tertiary/aromatic N) is 3. The van der Waals surface area contributed by atoms with Crippen LogP contribution in [0.25, 0.3) is 5.65 Å². The summed E-state index contributed by atoms with van der Waals surface area (Å²) in [4.78, 5) is 18.8. The van der Waals surface area contributed by atoms with Gasteiger partial charge in [0, 0.05) is 30.7 Å². The minimum absolute atomic E-state index is 0.0439. The third kappa shape index (κ3) is 3.00. The number of carbonyl (C=O) groups is 1. The lowest BCUT2D eigenvalue weighted by atomic mass is 10.0. The zero-order valence-electron chi connectivity index (χ0n) is 13.9. The van der Waals surface area contributed by atoms with Crippen LogP contribution in [0.3, 0.4) is 0 Å². The van der Waals surface area contributed by atoms with Crippen molar-refractivity contribution < 1.29 is 13.9 Å². The highest BCUT2D eigenvalue weighted by atomic mass is 19.1. The van der Waals surface area contributed by atoms with Crippen LogP contribution in [0.15, 0.2) is 48.9 Å². The molecule has 4 rings (SSSR count). The smallest absolute Gasteiger partial charge is 0.254 e. The molecule has 0 N–H and O–H groups in total. The molecule has 0 spiro atoms. The number of carbonyl (C=O) groups excluding carboxylic acids is 1. The number of aromatic nitrogens is 2. The summed E-state index contributed by atoms with van der Waals surface area (Å²) in [6, 6.07) is 8.53. The number of morpholine rings is 1. The fourth-order valence-electron chi connectivity index (χ4n) is 3.13. The van der Waals surface area contributed by atoms with Gasteiger partial charge in [0.1, 0.15) is 17.6 Å². The first-order valence-corrected chi connectivity index (χ1v) is 8.21. The molecule has 1 atom stereocenters. The Balaban J connectivity index is 1.55. The molecule has 1 unspecified atom stereocenters. The molecule has 2 aromatic heterocycles. The van der Waals surface area contributed by atoms with Gasteiger partial charge in [-0.1, -0.05) is 12.1 Å². The standard InChI is InChI=1S/C19H18FN3O2/c1-13-10-14(2-3-16(13)20)17-12-23(8-9-25-17)19(24)15-4-6-22-7-5-21-18(22)11-15/h2-7,10-11,17H,8-9,12H2,1H3. The van der Waals surface area contributed by atoms with E-state index in [1.165, 1.54) is 6.07 Å². The molecule has 6 heteroatoms. The Kier molecular flexibility index (Phi) is 3.97. The van der Waals surface area contributed by atoms with Crippen molar-refractivity contribution in [1.82, 2.24) is 14.3 Å². The summed E-state index contributed by atoms with van der Waals surface area (Å²) >= 11 is 0. The molecule has 128 valence electrons. The van der Waals surface area contributed by atoms with Gasteiger partial charge in [-0.05, 0) is 36.2 Å². The second kappa shape index (κ2) is 6.29. The monoisotopic (exact) mass is 339 g/mol.